The third kappa shape index (κ3) is 2.65. The third-order valence-electron chi connectivity index (χ3n) is 6.56. The highest BCUT2D eigenvalue weighted by atomic mass is 16.6. The van der Waals surface area contributed by atoms with Crippen LogP contribution in [0.4, 0.5) is 0 Å². The number of hydroxylamine groups is 3. The lowest BCUT2D eigenvalue weighted by Gasteiger charge is -2.27. The van der Waals surface area contributed by atoms with Crippen LogP contribution in [0.2, 0.25) is 0 Å². The molecule has 0 spiro atoms. The van der Waals surface area contributed by atoms with Crippen molar-refractivity contribution in [1.82, 2.24) is 10.4 Å². The van der Waals surface area contributed by atoms with E-state index in [1.807, 2.05) is 6.07 Å². The van der Waals surface area contributed by atoms with E-state index in [1.54, 1.807) is 13.8 Å². The Hall–Kier alpha value is -3.22. The predicted molar refractivity (Wildman–Crippen MR) is 121 cm³/mol. The van der Waals surface area contributed by atoms with E-state index in [0.29, 0.717) is 9.80 Å². The molecule has 4 aromatic carbocycles. The van der Waals surface area contributed by atoms with Gasteiger partial charge in [0.25, 0.3) is 5.71 Å². The molecule has 31 heavy (non-hydrogen) atoms. The number of carbonyl (C=O) groups is 1. The van der Waals surface area contributed by atoms with E-state index in [9.17, 15) is 15.2 Å². The highest BCUT2D eigenvalue weighted by molar-refractivity contribution is 6.40. The summed E-state index contributed by atoms with van der Waals surface area (Å²) in [6.07, 6.45) is 0. The maximum atomic E-state index is 13.0. The Bertz CT molecular complexity index is 1370. The average Bonchev–Trinajstić information content (AvgIpc) is 2.87. The second-order valence-electron chi connectivity index (χ2n) is 9.25. The van der Waals surface area contributed by atoms with Gasteiger partial charge in [-0.15, -0.1) is 5.21 Å². The molecule has 0 fully saturated rings. The van der Waals surface area contributed by atoms with E-state index in [0.717, 1.165) is 16.3 Å². The molecule has 5 rings (SSSR count). The molecule has 0 aromatic heterocycles. The smallest absolute Gasteiger partial charge is 0.314 e. The van der Waals surface area contributed by atoms with Crippen LogP contribution >= 0.6 is 0 Å². The summed E-state index contributed by atoms with van der Waals surface area (Å²) in [6.45, 7) is 6.52. The number of amides is 1. The third-order valence-corrected chi connectivity index (χ3v) is 6.56. The van der Waals surface area contributed by atoms with Gasteiger partial charge < -0.3 is 10.5 Å². The van der Waals surface area contributed by atoms with Gasteiger partial charge in [0.2, 0.25) is 5.66 Å². The molecule has 0 unspecified atom stereocenters. The first-order valence-corrected chi connectivity index (χ1v) is 10.4. The average molecular weight is 414 g/mol. The van der Waals surface area contributed by atoms with Crippen molar-refractivity contribution in [2.45, 2.75) is 45.4 Å². The number of benzene rings is 4. The first kappa shape index (κ1) is 19.7. The van der Waals surface area contributed by atoms with Gasteiger partial charge in [0.15, 0.2) is 0 Å². The molecule has 0 saturated carbocycles. The summed E-state index contributed by atoms with van der Waals surface area (Å²) in [7, 11) is 0. The van der Waals surface area contributed by atoms with Gasteiger partial charge in [-0.2, -0.15) is 4.74 Å². The fourth-order valence-electron chi connectivity index (χ4n) is 4.96. The molecule has 1 N–H and O–H groups in total. The van der Waals surface area contributed by atoms with Crippen LogP contribution in [0, 0.1) is 5.21 Å². The van der Waals surface area contributed by atoms with Crippen LogP contribution < -0.4 is 5.32 Å². The van der Waals surface area contributed by atoms with Crippen molar-refractivity contribution in [3.8, 4) is 0 Å². The number of nitrogens with one attached hydrogen (secondary N) is 1. The SMILES string of the molecule is CC1(C)C(C(=O)NCc2ccc3ccc4cccc5ccc2c3c45)=[N+]([O-])C(C)(C)N1[O]. The lowest BCUT2D eigenvalue weighted by Crippen LogP contribution is -2.52. The second-order valence-corrected chi connectivity index (χ2v) is 9.25. The first-order valence-electron chi connectivity index (χ1n) is 10.4. The Morgan fingerprint density at radius 2 is 1.52 bits per heavy atom. The first-order chi connectivity index (χ1) is 14.6. The van der Waals surface area contributed by atoms with Crippen LogP contribution in [0.3, 0.4) is 0 Å². The largest absolute Gasteiger partial charge is 0.622 e. The van der Waals surface area contributed by atoms with Crippen LogP contribution in [0.5, 0.6) is 0 Å². The van der Waals surface area contributed by atoms with Gasteiger partial charge in [-0.05, 0) is 51.7 Å². The van der Waals surface area contributed by atoms with Gasteiger partial charge in [0, 0.05) is 20.4 Å². The van der Waals surface area contributed by atoms with Gasteiger partial charge >= 0.3 is 5.91 Å². The van der Waals surface area contributed by atoms with Crippen molar-refractivity contribution in [2.24, 2.45) is 0 Å². The normalized spacial score (nSPS) is 18.5. The molecule has 1 heterocycles. The summed E-state index contributed by atoms with van der Waals surface area (Å²) in [6, 6.07) is 18.8. The van der Waals surface area contributed by atoms with Crippen LogP contribution in [-0.4, -0.2) is 32.6 Å². The maximum absolute atomic E-state index is 13.0. The summed E-state index contributed by atoms with van der Waals surface area (Å²) in [4.78, 5) is 13.0. The minimum absolute atomic E-state index is 0.0646. The molecule has 0 aliphatic carbocycles. The summed E-state index contributed by atoms with van der Waals surface area (Å²) < 4.78 is 0.541. The van der Waals surface area contributed by atoms with E-state index in [4.69, 9.17) is 0 Å². The molecule has 1 radical (unpaired) electrons. The van der Waals surface area contributed by atoms with Crippen LogP contribution in [0.15, 0.2) is 54.6 Å². The number of nitrogens with zero attached hydrogens (tertiary/aromatic N) is 2. The van der Waals surface area contributed by atoms with E-state index in [2.05, 4.69) is 53.8 Å². The lowest BCUT2D eigenvalue weighted by molar-refractivity contribution is -0.586. The molecular weight excluding hydrogens is 390 g/mol. The molecular formula is C25H24N3O3. The number of carbonyl (C=O) groups excluding carboxylic acids is 1. The topological polar surface area (TPSA) is 78.3 Å². The second kappa shape index (κ2) is 6.39. The molecule has 4 aromatic rings. The Labute approximate surface area is 180 Å². The Kier molecular flexibility index (Phi) is 4.07. The predicted octanol–water partition coefficient (Wildman–Crippen LogP) is 4.33. The Morgan fingerprint density at radius 3 is 2.13 bits per heavy atom. The van der Waals surface area contributed by atoms with Gasteiger partial charge in [0.05, 0.1) is 0 Å². The van der Waals surface area contributed by atoms with Crippen molar-refractivity contribution in [1.29, 1.82) is 0 Å². The van der Waals surface area contributed by atoms with E-state index in [1.165, 1.54) is 35.4 Å². The van der Waals surface area contributed by atoms with Gasteiger partial charge in [-0.1, -0.05) is 59.7 Å². The zero-order valence-electron chi connectivity index (χ0n) is 18.0. The summed E-state index contributed by atoms with van der Waals surface area (Å²) in [5, 5.41) is 35.9. The molecule has 0 bridgehead atoms. The fraction of sp³-hybridized carbons (Fsp3) is 0.280. The quantitative estimate of drug-likeness (QED) is 0.308. The number of rotatable bonds is 3. The highest BCUT2D eigenvalue weighted by Crippen LogP contribution is 2.36. The minimum Gasteiger partial charge on any atom is -0.622 e. The van der Waals surface area contributed by atoms with E-state index >= 15 is 0 Å². The van der Waals surface area contributed by atoms with Gasteiger partial charge in [-0.25, -0.2) is 0 Å². The fourth-order valence-corrected chi connectivity index (χ4v) is 4.96. The minimum atomic E-state index is -1.33. The zero-order valence-corrected chi connectivity index (χ0v) is 18.0. The maximum Gasteiger partial charge on any atom is 0.314 e. The summed E-state index contributed by atoms with van der Waals surface area (Å²) in [5.74, 6) is -0.517. The van der Waals surface area contributed by atoms with Gasteiger partial charge in [0.1, 0.15) is 5.54 Å². The van der Waals surface area contributed by atoms with Crippen molar-refractivity contribution >= 4 is 43.9 Å². The molecule has 0 saturated heterocycles. The lowest BCUT2D eigenvalue weighted by atomic mass is 9.92. The summed E-state index contributed by atoms with van der Waals surface area (Å²) in [5.41, 5.74) is -1.64. The van der Waals surface area contributed by atoms with E-state index in [-0.39, 0.29) is 12.3 Å². The summed E-state index contributed by atoms with van der Waals surface area (Å²) >= 11 is 0. The molecule has 6 heteroatoms. The molecule has 0 atom stereocenters. The standard InChI is InChI=1S/C25H24N3O3/c1-24(2)22(27(30)25(3,4)28(24)31)23(29)26-14-18-11-10-17-9-8-15-6-5-7-16-12-13-19(18)21(17)20(15)16/h5-13H,14H2,1-4H3,(H,26,29). The van der Waals surface area contributed by atoms with Gasteiger partial charge in [-0.3, -0.25) is 4.79 Å². The van der Waals surface area contributed by atoms with Crippen LogP contribution in [0.1, 0.15) is 33.3 Å². The molecule has 6 nitrogen and oxygen atoms in total. The molecule has 1 amide bonds. The van der Waals surface area contributed by atoms with Crippen molar-refractivity contribution in [2.75, 3.05) is 0 Å². The van der Waals surface area contributed by atoms with Crippen LogP contribution in [0.25, 0.3) is 32.3 Å². The monoisotopic (exact) mass is 414 g/mol. The Morgan fingerprint density at radius 1 is 0.935 bits per heavy atom. The molecule has 1 aliphatic heterocycles. The van der Waals surface area contributed by atoms with Crippen LogP contribution in [-0.2, 0) is 16.5 Å². The van der Waals surface area contributed by atoms with Crippen molar-refractivity contribution < 1.29 is 14.7 Å². The zero-order chi connectivity index (χ0) is 22.1. The van der Waals surface area contributed by atoms with E-state index < -0.39 is 17.1 Å². The molecule has 157 valence electrons. The Balaban J connectivity index is 1.53. The number of hydrogen-bond donors (Lipinski definition) is 1. The number of hydrogen-bond acceptors (Lipinski definition) is 3. The molecule has 1 aliphatic rings. The van der Waals surface area contributed by atoms with Crippen molar-refractivity contribution in [3.63, 3.8) is 0 Å². The highest BCUT2D eigenvalue weighted by Gasteiger charge is 2.60. The van der Waals surface area contributed by atoms with Crippen molar-refractivity contribution in [3.05, 3.63) is 65.4 Å².